The van der Waals surface area contributed by atoms with E-state index < -0.39 is 0 Å². The highest BCUT2D eigenvalue weighted by molar-refractivity contribution is 14.1. The van der Waals surface area contributed by atoms with Crippen LogP contribution in [0.2, 0.25) is 0 Å². The Kier molecular flexibility index (Phi) is 3.88. The van der Waals surface area contributed by atoms with Gasteiger partial charge in [-0.1, -0.05) is 0 Å². The van der Waals surface area contributed by atoms with Crippen LogP contribution in [0.1, 0.15) is 16.8 Å². The van der Waals surface area contributed by atoms with Crippen LogP contribution in [-0.2, 0) is 0 Å². The van der Waals surface area contributed by atoms with E-state index in [2.05, 4.69) is 10.2 Å². The summed E-state index contributed by atoms with van der Waals surface area (Å²) in [7, 11) is 2.04. The molecule has 0 aromatic heterocycles. The molecule has 0 spiro atoms. The van der Waals surface area contributed by atoms with Crippen LogP contribution in [-0.4, -0.2) is 42.1 Å². The highest BCUT2D eigenvalue weighted by atomic mass is 127. The van der Waals surface area contributed by atoms with Crippen LogP contribution in [0.4, 0.5) is 0 Å². The van der Waals surface area contributed by atoms with Crippen molar-refractivity contribution < 1.29 is 9.90 Å². The average molecular weight is 346 g/mol. The second-order valence-electron chi connectivity index (χ2n) is 4.39. The summed E-state index contributed by atoms with van der Waals surface area (Å²) in [5.74, 6) is 0.0405. The third-order valence-corrected chi connectivity index (χ3v) is 3.85. The molecular formula is C12H15IN2O2. The maximum absolute atomic E-state index is 11.9. The number of nitrogens with one attached hydrogen (secondary N) is 1. The predicted molar refractivity (Wildman–Crippen MR) is 74.2 cm³/mol. The van der Waals surface area contributed by atoms with E-state index in [0.717, 1.165) is 23.1 Å². The standard InChI is InChI=1S/C12H15IN2O2/c1-15-5-4-9(7-15)14-12(17)8-2-3-10(13)11(16)6-8/h2-3,6,9,16H,4-5,7H2,1H3,(H,14,17). The highest BCUT2D eigenvalue weighted by Crippen LogP contribution is 2.20. The van der Waals surface area contributed by atoms with Gasteiger partial charge in [-0.3, -0.25) is 4.79 Å². The summed E-state index contributed by atoms with van der Waals surface area (Å²) < 4.78 is 0.750. The molecule has 0 aliphatic carbocycles. The second-order valence-corrected chi connectivity index (χ2v) is 5.55. The van der Waals surface area contributed by atoms with E-state index in [4.69, 9.17) is 0 Å². The van der Waals surface area contributed by atoms with E-state index in [9.17, 15) is 9.90 Å². The Bertz CT molecular complexity index is 437. The molecule has 1 aromatic rings. The van der Waals surface area contributed by atoms with Crippen LogP contribution in [0.15, 0.2) is 18.2 Å². The van der Waals surface area contributed by atoms with Crippen LogP contribution in [0.25, 0.3) is 0 Å². The van der Waals surface area contributed by atoms with Gasteiger partial charge < -0.3 is 15.3 Å². The number of hydrogen-bond acceptors (Lipinski definition) is 3. The zero-order chi connectivity index (χ0) is 12.4. The van der Waals surface area contributed by atoms with Crippen molar-refractivity contribution in [2.75, 3.05) is 20.1 Å². The Labute approximate surface area is 114 Å². The first-order valence-electron chi connectivity index (χ1n) is 5.54. The van der Waals surface area contributed by atoms with Gasteiger partial charge in [0.05, 0.1) is 3.57 Å². The Balaban J connectivity index is 2.02. The molecule has 1 aromatic carbocycles. The van der Waals surface area contributed by atoms with E-state index in [1.165, 1.54) is 6.07 Å². The van der Waals surface area contributed by atoms with Crippen molar-refractivity contribution in [2.45, 2.75) is 12.5 Å². The van der Waals surface area contributed by atoms with Gasteiger partial charge in [0.1, 0.15) is 5.75 Å². The maximum Gasteiger partial charge on any atom is 0.251 e. The molecular weight excluding hydrogens is 331 g/mol. The number of benzene rings is 1. The second kappa shape index (κ2) is 5.22. The summed E-state index contributed by atoms with van der Waals surface area (Å²) in [6.07, 6.45) is 0.985. The van der Waals surface area contributed by atoms with Gasteiger partial charge in [0.2, 0.25) is 0 Å². The fourth-order valence-electron chi connectivity index (χ4n) is 1.98. The quantitative estimate of drug-likeness (QED) is 0.797. The largest absolute Gasteiger partial charge is 0.507 e. The van der Waals surface area contributed by atoms with Gasteiger partial charge >= 0.3 is 0 Å². The smallest absolute Gasteiger partial charge is 0.251 e. The molecule has 1 fully saturated rings. The van der Waals surface area contributed by atoms with Crippen molar-refractivity contribution >= 4 is 28.5 Å². The summed E-state index contributed by atoms with van der Waals surface area (Å²) >= 11 is 2.03. The lowest BCUT2D eigenvalue weighted by Crippen LogP contribution is -2.36. The minimum atomic E-state index is -0.114. The molecule has 2 N–H and O–H groups in total. The van der Waals surface area contributed by atoms with Gasteiger partial charge in [-0.15, -0.1) is 0 Å². The first kappa shape index (κ1) is 12.6. The van der Waals surface area contributed by atoms with Gasteiger partial charge in [-0.25, -0.2) is 0 Å². The Morgan fingerprint density at radius 3 is 2.94 bits per heavy atom. The molecule has 17 heavy (non-hydrogen) atoms. The van der Waals surface area contributed by atoms with E-state index in [1.807, 2.05) is 29.6 Å². The van der Waals surface area contributed by atoms with Gasteiger partial charge in [-0.05, 0) is 60.8 Å². The number of amides is 1. The SMILES string of the molecule is CN1CCC(NC(=O)c2ccc(I)c(O)c2)C1. The van der Waals surface area contributed by atoms with E-state index in [-0.39, 0.29) is 17.7 Å². The zero-order valence-electron chi connectivity index (χ0n) is 9.61. The highest BCUT2D eigenvalue weighted by Gasteiger charge is 2.21. The molecule has 1 saturated heterocycles. The minimum Gasteiger partial charge on any atom is -0.507 e. The third-order valence-electron chi connectivity index (χ3n) is 2.93. The van der Waals surface area contributed by atoms with Crippen molar-refractivity contribution in [2.24, 2.45) is 0 Å². The van der Waals surface area contributed by atoms with Crippen LogP contribution in [0.5, 0.6) is 5.75 Å². The number of carbonyl (C=O) groups excluding carboxylic acids is 1. The Hall–Kier alpha value is -0.820. The first-order chi connectivity index (χ1) is 8.06. The van der Waals surface area contributed by atoms with E-state index >= 15 is 0 Å². The topological polar surface area (TPSA) is 52.6 Å². The normalized spacial score (nSPS) is 20.5. The molecule has 1 heterocycles. The fraction of sp³-hybridized carbons (Fsp3) is 0.417. The first-order valence-corrected chi connectivity index (χ1v) is 6.62. The molecule has 1 aliphatic rings. The summed E-state index contributed by atoms with van der Waals surface area (Å²) in [6, 6.07) is 5.20. The molecule has 1 amide bonds. The molecule has 1 unspecified atom stereocenters. The number of halogens is 1. The molecule has 4 nitrogen and oxygen atoms in total. The Morgan fingerprint density at radius 1 is 1.59 bits per heavy atom. The van der Waals surface area contributed by atoms with Crippen molar-refractivity contribution in [3.05, 3.63) is 27.3 Å². The lowest BCUT2D eigenvalue weighted by Gasteiger charge is -2.13. The van der Waals surface area contributed by atoms with E-state index in [0.29, 0.717) is 5.56 Å². The van der Waals surface area contributed by atoms with E-state index in [1.54, 1.807) is 12.1 Å². The van der Waals surface area contributed by atoms with Crippen molar-refractivity contribution in [1.82, 2.24) is 10.2 Å². The van der Waals surface area contributed by atoms with Gasteiger partial charge in [-0.2, -0.15) is 0 Å². The van der Waals surface area contributed by atoms with Crippen LogP contribution >= 0.6 is 22.6 Å². The number of phenolic OH excluding ortho intramolecular Hbond substituents is 1. The fourth-order valence-corrected chi connectivity index (χ4v) is 2.31. The molecule has 1 atom stereocenters. The summed E-state index contributed by atoms with van der Waals surface area (Å²) in [5.41, 5.74) is 0.512. The molecule has 2 rings (SSSR count). The minimum absolute atomic E-state index is 0.114. The monoisotopic (exact) mass is 346 g/mol. The number of hydrogen-bond donors (Lipinski definition) is 2. The lowest BCUT2D eigenvalue weighted by atomic mass is 10.2. The number of phenols is 1. The van der Waals surface area contributed by atoms with Crippen LogP contribution in [0, 0.1) is 3.57 Å². The summed E-state index contributed by atoms with van der Waals surface area (Å²) in [5, 5.41) is 12.5. The third kappa shape index (κ3) is 3.10. The van der Waals surface area contributed by atoms with Crippen molar-refractivity contribution in [3.63, 3.8) is 0 Å². The van der Waals surface area contributed by atoms with Crippen molar-refractivity contribution in [3.8, 4) is 5.75 Å². The van der Waals surface area contributed by atoms with Gasteiger partial charge in [0.25, 0.3) is 5.91 Å². The van der Waals surface area contributed by atoms with Gasteiger partial charge in [0, 0.05) is 18.2 Å². The van der Waals surface area contributed by atoms with Gasteiger partial charge in [0.15, 0.2) is 0 Å². The number of aromatic hydroxyl groups is 1. The Morgan fingerprint density at radius 2 is 2.35 bits per heavy atom. The molecule has 1 aliphatic heterocycles. The number of likely N-dealkylation sites (N-methyl/N-ethyl adjacent to an activating group) is 1. The molecule has 0 bridgehead atoms. The molecule has 92 valence electrons. The van der Waals surface area contributed by atoms with Crippen LogP contribution in [0.3, 0.4) is 0 Å². The summed E-state index contributed by atoms with van der Waals surface area (Å²) in [6.45, 7) is 1.91. The number of rotatable bonds is 2. The molecule has 0 saturated carbocycles. The number of likely N-dealkylation sites (tertiary alicyclic amines) is 1. The average Bonchev–Trinajstić information content (AvgIpc) is 2.68. The van der Waals surface area contributed by atoms with Crippen LogP contribution < -0.4 is 5.32 Å². The van der Waals surface area contributed by atoms with Crippen molar-refractivity contribution in [1.29, 1.82) is 0 Å². The maximum atomic E-state index is 11.9. The number of nitrogens with zero attached hydrogens (tertiary/aromatic N) is 1. The summed E-state index contributed by atoms with van der Waals surface area (Å²) in [4.78, 5) is 14.1. The predicted octanol–water partition coefficient (Wildman–Crippen LogP) is 1.43. The lowest BCUT2D eigenvalue weighted by molar-refractivity contribution is 0.0938. The number of carbonyl (C=O) groups is 1. The zero-order valence-corrected chi connectivity index (χ0v) is 11.8. The molecule has 0 radical (unpaired) electrons. The molecule has 5 heteroatoms.